The third-order valence-corrected chi connectivity index (χ3v) is 5.39. The van der Waals surface area contributed by atoms with Crippen molar-refractivity contribution in [2.75, 3.05) is 38.0 Å². The first-order valence-electron chi connectivity index (χ1n) is 10.7. The summed E-state index contributed by atoms with van der Waals surface area (Å²) in [6.45, 7) is 0. The van der Waals surface area contributed by atoms with E-state index in [9.17, 15) is 0 Å². The van der Waals surface area contributed by atoms with Crippen LogP contribution in [-0.4, -0.2) is 40.6 Å². The molecule has 0 saturated heterocycles. The minimum Gasteiger partial charge on any atom is -0.378 e. The Morgan fingerprint density at radius 2 is 0.938 bits per heavy atom. The van der Waals surface area contributed by atoms with Crippen LogP contribution in [0.15, 0.2) is 94.9 Å². The van der Waals surface area contributed by atoms with E-state index in [-0.39, 0.29) is 0 Å². The van der Waals surface area contributed by atoms with Gasteiger partial charge in [-0.1, -0.05) is 48.5 Å². The van der Waals surface area contributed by atoms with Gasteiger partial charge in [0.2, 0.25) is 0 Å². The Hall–Kier alpha value is -3.92. The Bertz CT molecular complexity index is 1150. The lowest BCUT2D eigenvalue weighted by Crippen LogP contribution is -2.08. The molecule has 0 fully saturated rings. The van der Waals surface area contributed by atoms with Gasteiger partial charge in [-0.3, -0.25) is 9.98 Å². The molecule has 0 heterocycles. The Balaban J connectivity index is 1.66. The first-order chi connectivity index (χ1) is 15.5. The normalized spacial score (nSPS) is 11.5. The minimum absolute atomic E-state index is 0.912. The van der Waals surface area contributed by atoms with E-state index in [0.29, 0.717) is 0 Å². The lowest BCUT2D eigenvalue weighted by molar-refractivity contribution is 1.13. The maximum Gasteiger partial charge on any atom is 0.0729 e. The number of rotatable bonds is 6. The van der Waals surface area contributed by atoms with Crippen molar-refractivity contribution in [2.24, 2.45) is 9.98 Å². The predicted octanol–water partition coefficient (Wildman–Crippen LogP) is 6.47. The lowest BCUT2D eigenvalue weighted by Gasteiger charge is -2.12. The summed E-state index contributed by atoms with van der Waals surface area (Å²) in [5, 5.41) is 2.18. The maximum atomic E-state index is 4.81. The van der Waals surface area contributed by atoms with Gasteiger partial charge in [-0.15, -0.1) is 0 Å². The Kier molecular flexibility index (Phi) is 6.31. The van der Waals surface area contributed by atoms with E-state index in [0.717, 1.165) is 33.3 Å². The van der Waals surface area contributed by atoms with E-state index in [2.05, 4.69) is 70.5 Å². The number of nitrogens with zero attached hydrogens (tertiary/aromatic N) is 4. The molecule has 0 aromatic heterocycles. The number of hydrogen-bond donors (Lipinski definition) is 0. The van der Waals surface area contributed by atoms with E-state index in [1.165, 1.54) is 11.4 Å². The molecule has 0 unspecified atom stereocenters. The van der Waals surface area contributed by atoms with Crippen molar-refractivity contribution >= 4 is 46.0 Å². The topological polar surface area (TPSA) is 31.2 Å². The fourth-order valence-electron chi connectivity index (χ4n) is 3.52. The van der Waals surface area contributed by atoms with Crippen molar-refractivity contribution in [3.63, 3.8) is 0 Å². The molecule has 0 spiro atoms. The molecule has 0 atom stereocenters. The molecule has 4 aromatic rings. The van der Waals surface area contributed by atoms with E-state index in [1.54, 1.807) is 0 Å². The lowest BCUT2D eigenvalue weighted by atomic mass is 10.1. The maximum absolute atomic E-state index is 4.81. The Morgan fingerprint density at radius 1 is 0.531 bits per heavy atom. The minimum atomic E-state index is 0.912. The van der Waals surface area contributed by atoms with E-state index in [4.69, 9.17) is 9.98 Å². The van der Waals surface area contributed by atoms with E-state index in [1.807, 2.05) is 64.9 Å². The summed E-state index contributed by atoms with van der Waals surface area (Å²) in [6.07, 6.45) is 3.82. The second-order valence-electron chi connectivity index (χ2n) is 8.14. The van der Waals surface area contributed by atoms with E-state index >= 15 is 0 Å². The SMILES string of the molecule is CN(C)c1ccc(C=Nc2cccc3cccc(N=Cc4ccc(N(C)C)cc4)c23)cc1. The zero-order valence-corrected chi connectivity index (χ0v) is 19.0. The molecule has 0 bridgehead atoms. The average molecular weight is 421 g/mol. The Morgan fingerprint density at radius 3 is 1.31 bits per heavy atom. The highest BCUT2D eigenvalue weighted by Crippen LogP contribution is 2.34. The van der Waals surface area contributed by atoms with Gasteiger partial charge in [0, 0.05) is 57.4 Å². The molecule has 4 nitrogen and oxygen atoms in total. The van der Waals surface area contributed by atoms with Gasteiger partial charge in [0.05, 0.1) is 11.4 Å². The molecule has 0 saturated carbocycles. The van der Waals surface area contributed by atoms with Crippen molar-refractivity contribution in [1.82, 2.24) is 0 Å². The van der Waals surface area contributed by atoms with Crippen molar-refractivity contribution in [2.45, 2.75) is 0 Å². The summed E-state index contributed by atoms with van der Waals surface area (Å²) in [4.78, 5) is 13.8. The van der Waals surface area contributed by atoms with Crippen LogP contribution < -0.4 is 9.80 Å². The number of fused-ring (bicyclic) bond motifs is 1. The van der Waals surface area contributed by atoms with Gasteiger partial charge in [0.15, 0.2) is 0 Å². The molecule has 4 heteroatoms. The average Bonchev–Trinajstić information content (AvgIpc) is 2.81. The van der Waals surface area contributed by atoms with Crippen LogP contribution in [0.1, 0.15) is 11.1 Å². The number of aliphatic imine (C=N–C) groups is 2. The molecule has 4 aromatic carbocycles. The first kappa shape index (κ1) is 21.3. The molecule has 0 aliphatic rings. The third-order valence-electron chi connectivity index (χ3n) is 5.39. The molecule has 0 amide bonds. The van der Waals surface area contributed by atoms with Gasteiger partial charge in [-0.25, -0.2) is 0 Å². The molecule has 32 heavy (non-hydrogen) atoms. The second kappa shape index (κ2) is 9.48. The number of benzene rings is 4. The van der Waals surface area contributed by atoms with Crippen LogP contribution in [0, 0.1) is 0 Å². The van der Waals surface area contributed by atoms with Crippen molar-refractivity contribution in [3.05, 3.63) is 96.1 Å². The molecule has 0 N–H and O–H groups in total. The van der Waals surface area contributed by atoms with Gasteiger partial charge in [-0.2, -0.15) is 0 Å². The van der Waals surface area contributed by atoms with Crippen molar-refractivity contribution in [3.8, 4) is 0 Å². The number of hydrogen-bond acceptors (Lipinski definition) is 4. The molecule has 4 rings (SSSR count). The van der Waals surface area contributed by atoms with Gasteiger partial charge < -0.3 is 9.80 Å². The van der Waals surface area contributed by atoms with Crippen molar-refractivity contribution in [1.29, 1.82) is 0 Å². The van der Waals surface area contributed by atoms with Crippen LogP contribution >= 0.6 is 0 Å². The highest BCUT2D eigenvalue weighted by atomic mass is 15.1. The molecule has 0 radical (unpaired) electrons. The van der Waals surface area contributed by atoms with Crippen LogP contribution in [0.4, 0.5) is 22.7 Å². The fraction of sp³-hybridized carbons (Fsp3) is 0.143. The Labute approximate surface area is 190 Å². The van der Waals surface area contributed by atoms with Gasteiger partial charge in [0.25, 0.3) is 0 Å². The van der Waals surface area contributed by atoms with E-state index < -0.39 is 0 Å². The standard InChI is InChI=1S/C28H28N4/c1-31(2)24-15-11-21(12-16-24)19-29-26-9-5-7-23-8-6-10-27(28(23)26)30-20-22-13-17-25(18-14-22)32(3)4/h5-20H,1-4H3. The van der Waals surface area contributed by atoms with Gasteiger partial charge in [0.1, 0.15) is 0 Å². The molecule has 0 aliphatic carbocycles. The van der Waals surface area contributed by atoms with Gasteiger partial charge in [-0.05, 0) is 52.9 Å². The second-order valence-corrected chi connectivity index (χ2v) is 8.14. The van der Waals surface area contributed by atoms with Crippen LogP contribution in [0.25, 0.3) is 10.8 Å². The highest BCUT2D eigenvalue weighted by molar-refractivity contribution is 6.03. The summed E-state index contributed by atoms with van der Waals surface area (Å²) >= 11 is 0. The van der Waals surface area contributed by atoms with Crippen LogP contribution in [-0.2, 0) is 0 Å². The van der Waals surface area contributed by atoms with Crippen LogP contribution in [0.2, 0.25) is 0 Å². The molecular weight excluding hydrogens is 392 g/mol. The third kappa shape index (κ3) is 4.86. The summed E-state index contributed by atoms with van der Waals surface area (Å²) in [5.41, 5.74) is 6.29. The molecular formula is C28H28N4. The summed E-state index contributed by atoms with van der Waals surface area (Å²) in [7, 11) is 8.16. The van der Waals surface area contributed by atoms with Gasteiger partial charge >= 0.3 is 0 Å². The number of anilines is 2. The summed E-state index contributed by atoms with van der Waals surface area (Å²) in [6, 6.07) is 29.1. The van der Waals surface area contributed by atoms with Crippen LogP contribution in [0.5, 0.6) is 0 Å². The zero-order valence-electron chi connectivity index (χ0n) is 19.0. The highest BCUT2D eigenvalue weighted by Gasteiger charge is 2.05. The fourth-order valence-corrected chi connectivity index (χ4v) is 3.52. The molecule has 0 aliphatic heterocycles. The predicted molar refractivity (Wildman–Crippen MR) is 140 cm³/mol. The smallest absolute Gasteiger partial charge is 0.0729 e. The zero-order chi connectivity index (χ0) is 22.5. The monoisotopic (exact) mass is 420 g/mol. The quantitative estimate of drug-likeness (QED) is 0.335. The molecule has 160 valence electrons. The largest absolute Gasteiger partial charge is 0.378 e. The summed E-state index contributed by atoms with van der Waals surface area (Å²) in [5.74, 6) is 0. The first-order valence-corrected chi connectivity index (χ1v) is 10.7. The van der Waals surface area contributed by atoms with Crippen LogP contribution in [0.3, 0.4) is 0 Å². The van der Waals surface area contributed by atoms with Crippen molar-refractivity contribution < 1.29 is 0 Å². The summed E-state index contributed by atoms with van der Waals surface area (Å²) < 4.78 is 0.